The van der Waals surface area contributed by atoms with E-state index >= 15 is 0 Å². The number of amides is 1. The molecule has 0 aromatic carbocycles. The number of nitrogens with two attached hydrogens (primary N) is 1. The van der Waals surface area contributed by atoms with Crippen molar-refractivity contribution in [3.05, 3.63) is 17.8 Å². The van der Waals surface area contributed by atoms with Gasteiger partial charge in [-0.1, -0.05) is 0 Å². The molecule has 1 amide bonds. The molecule has 0 unspecified atom stereocenters. The first-order valence-corrected chi connectivity index (χ1v) is 7.50. The fraction of sp³-hybridized carbons (Fsp3) is 0.600. The molecule has 1 aromatic heterocycles. The summed E-state index contributed by atoms with van der Waals surface area (Å²) in [6.45, 7) is 1.65. The Bertz CT molecular complexity index is 495. The van der Waals surface area contributed by atoms with E-state index in [0.29, 0.717) is 5.92 Å². The summed E-state index contributed by atoms with van der Waals surface area (Å²) in [5.74, 6) is 1.81. The number of carbonyl (C=O) groups excluding carboxylic acids is 1. The van der Waals surface area contributed by atoms with Crippen LogP contribution in [0.1, 0.15) is 31.2 Å². The summed E-state index contributed by atoms with van der Waals surface area (Å²) < 4.78 is 0. The fourth-order valence-electron chi connectivity index (χ4n) is 3.22. The van der Waals surface area contributed by atoms with Gasteiger partial charge in [0.1, 0.15) is 5.82 Å². The minimum atomic E-state index is 0.135. The highest BCUT2D eigenvalue weighted by Crippen LogP contribution is 2.31. The molecule has 0 saturated heterocycles. The van der Waals surface area contributed by atoms with Gasteiger partial charge in [0.2, 0.25) is 5.91 Å². The van der Waals surface area contributed by atoms with Crippen LogP contribution in [-0.2, 0) is 11.2 Å². The zero-order valence-corrected chi connectivity index (χ0v) is 11.7. The predicted molar refractivity (Wildman–Crippen MR) is 79.6 cm³/mol. The van der Waals surface area contributed by atoms with Crippen LogP contribution in [0.3, 0.4) is 0 Å². The summed E-state index contributed by atoms with van der Waals surface area (Å²) >= 11 is 0. The third-order valence-electron chi connectivity index (χ3n) is 4.53. The van der Waals surface area contributed by atoms with Crippen LogP contribution in [0.5, 0.6) is 0 Å². The lowest BCUT2D eigenvalue weighted by Crippen LogP contribution is -2.29. The Morgan fingerprint density at radius 2 is 2.20 bits per heavy atom. The molecular formula is C15H22N4O. The van der Waals surface area contributed by atoms with Gasteiger partial charge in [-0.15, -0.1) is 0 Å². The van der Waals surface area contributed by atoms with Crippen LogP contribution in [-0.4, -0.2) is 24.0 Å². The van der Waals surface area contributed by atoms with Gasteiger partial charge in [0.05, 0.1) is 0 Å². The molecule has 2 heterocycles. The molecular weight excluding hydrogens is 252 g/mol. The van der Waals surface area contributed by atoms with Crippen molar-refractivity contribution in [3.8, 4) is 0 Å². The zero-order valence-electron chi connectivity index (χ0n) is 11.7. The van der Waals surface area contributed by atoms with Crippen molar-refractivity contribution in [1.29, 1.82) is 0 Å². The Kier molecular flexibility index (Phi) is 3.87. The van der Waals surface area contributed by atoms with Gasteiger partial charge in [-0.05, 0) is 50.6 Å². The number of aromatic nitrogens is 1. The Labute approximate surface area is 119 Å². The van der Waals surface area contributed by atoms with E-state index in [4.69, 9.17) is 5.73 Å². The third kappa shape index (κ3) is 2.63. The summed E-state index contributed by atoms with van der Waals surface area (Å²) in [7, 11) is 0. The van der Waals surface area contributed by atoms with Crippen molar-refractivity contribution in [2.45, 2.75) is 32.1 Å². The van der Waals surface area contributed by atoms with Gasteiger partial charge < -0.3 is 16.4 Å². The third-order valence-corrected chi connectivity index (χ3v) is 4.53. The Balaban J connectivity index is 1.64. The number of anilines is 2. The first kappa shape index (κ1) is 13.4. The smallest absolute Gasteiger partial charge is 0.227 e. The average molecular weight is 274 g/mol. The van der Waals surface area contributed by atoms with Crippen LogP contribution in [0.4, 0.5) is 11.5 Å². The van der Waals surface area contributed by atoms with Gasteiger partial charge in [0.25, 0.3) is 0 Å². The Hall–Kier alpha value is -1.62. The van der Waals surface area contributed by atoms with Crippen LogP contribution in [0.2, 0.25) is 0 Å². The van der Waals surface area contributed by atoms with Crippen molar-refractivity contribution >= 4 is 17.4 Å². The second-order valence-electron chi connectivity index (χ2n) is 5.81. The maximum absolute atomic E-state index is 12.4. The van der Waals surface area contributed by atoms with Crippen molar-refractivity contribution in [2.75, 3.05) is 23.7 Å². The number of rotatable bonds is 3. The van der Waals surface area contributed by atoms with Crippen molar-refractivity contribution < 1.29 is 4.79 Å². The molecule has 1 saturated carbocycles. The SMILES string of the molecule is NC[C@H]1CC[C@H](C(=O)Nc2ccnc3c2CCN3)CC1. The van der Waals surface area contributed by atoms with Crippen molar-refractivity contribution in [2.24, 2.45) is 17.6 Å². The lowest BCUT2D eigenvalue weighted by molar-refractivity contribution is -0.121. The van der Waals surface area contributed by atoms with Gasteiger partial charge in [0, 0.05) is 29.9 Å². The topological polar surface area (TPSA) is 80.0 Å². The summed E-state index contributed by atoms with van der Waals surface area (Å²) in [4.78, 5) is 16.7. The van der Waals surface area contributed by atoms with E-state index in [0.717, 1.165) is 62.3 Å². The van der Waals surface area contributed by atoms with Crippen LogP contribution in [0.15, 0.2) is 12.3 Å². The number of carbonyl (C=O) groups is 1. The van der Waals surface area contributed by atoms with E-state index in [1.54, 1.807) is 6.20 Å². The summed E-state index contributed by atoms with van der Waals surface area (Å²) in [6, 6.07) is 1.90. The lowest BCUT2D eigenvalue weighted by Gasteiger charge is -2.27. The van der Waals surface area contributed by atoms with Gasteiger partial charge in [-0.3, -0.25) is 4.79 Å². The number of nitrogens with one attached hydrogen (secondary N) is 2. The van der Waals surface area contributed by atoms with E-state index in [2.05, 4.69) is 15.6 Å². The standard InChI is InChI=1S/C15H22N4O/c16-9-10-1-3-11(4-2-10)15(20)19-13-6-8-18-14-12(13)5-7-17-14/h6,8,10-11H,1-5,7,9,16H2,(H2,17,18,19,20)/t10-,11-. The summed E-state index contributed by atoms with van der Waals surface area (Å²) in [5.41, 5.74) is 7.75. The number of nitrogens with zero attached hydrogens (tertiary/aromatic N) is 1. The maximum atomic E-state index is 12.4. The van der Waals surface area contributed by atoms with Crippen molar-refractivity contribution in [3.63, 3.8) is 0 Å². The molecule has 3 rings (SSSR count). The molecule has 1 aromatic rings. The fourth-order valence-corrected chi connectivity index (χ4v) is 3.22. The Morgan fingerprint density at radius 1 is 1.40 bits per heavy atom. The molecule has 0 spiro atoms. The predicted octanol–water partition coefficient (Wildman–Crippen LogP) is 1.75. The van der Waals surface area contributed by atoms with Crippen LogP contribution in [0.25, 0.3) is 0 Å². The normalized spacial score (nSPS) is 24.9. The molecule has 1 aliphatic heterocycles. The number of fused-ring (bicyclic) bond motifs is 1. The number of hydrogen-bond donors (Lipinski definition) is 3. The summed E-state index contributed by atoms with van der Waals surface area (Å²) in [5, 5.41) is 6.33. The molecule has 1 aliphatic carbocycles. The van der Waals surface area contributed by atoms with Crippen molar-refractivity contribution in [1.82, 2.24) is 4.98 Å². The quantitative estimate of drug-likeness (QED) is 0.784. The zero-order chi connectivity index (χ0) is 13.9. The molecule has 5 heteroatoms. The highest BCUT2D eigenvalue weighted by atomic mass is 16.1. The first-order chi connectivity index (χ1) is 9.78. The summed E-state index contributed by atoms with van der Waals surface area (Å²) in [6.07, 6.45) is 6.74. The molecule has 4 N–H and O–H groups in total. The van der Waals surface area contributed by atoms with Gasteiger partial charge in [-0.25, -0.2) is 4.98 Å². The van der Waals surface area contributed by atoms with Gasteiger partial charge in [-0.2, -0.15) is 0 Å². The van der Waals surface area contributed by atoms with E-state index in [-0.39, 0.29) is 11.8 Å². The van der Waals surface area contributed by atoms with E-state index in [1.165, 1.54) is 0 Å². The van der Waals surface area contributed by atoms with Crippen LogP contribution in [0, 0.1) is 11.8 Å². The molecule has 2 aliphatic rings. The molecule has 108 valence electrons. The van der Waals surface area contributed by atoms with Gasteiger partial charge >= 0.3 is 0 Å². The molecule has 0 atom stereocenters. The lowest BCUT2D eigenvalue weighted by atomic mass is 9.81. The van der Waals surface area contributed by atoms with Crippen LogP contribution < -0.4 is 16.4 Å². The van der Waals surface area contributed by atoms with E-state index in [1.807, 2.05) is 6.07 Å². The average Bonchev–Trinajstić information content (AvgIpc) is 2.97. The minimum absolute atomic E-state index is 0.135. The van der Waals surface area contributed by atoms with Gasteiger partial charge in [0.15, 0.2) is 0 Å². The highest BCUT2D eigenvalue weighted by molar-refractivity contribution is 5.94. The largest absolute Gasteiger partial charge is 0.369 e. The molecule has 20 heavy (non-hydrogen) atoms. The number of pyridine rings is 1. The molecule has 0 bridgehead atoms. The molecule has 1 fully saturated rings. The van der Waals surface area contributed by atoms with E-state index in [9.17, 15) is 4.79 Å². The second kappa shape index (κ2) is 5.79. The molecule has 0 radical (unpaired) electrons. The monoisotopic (exact) mass is 274 g/mol. The maximum Gasteiger partial charge on any atom is 0.227 e. The number of hydrogen-bond acceptors (Lipinski definition) is 4. The molecule has 5 nitrogen and oxygen atoms in total. The second-order valence-corrected chi connectivity index (χ2v) is 5.81. The van der Waals surface area contributed by atoms with E-state index < -0.39 is 0 Å². The highest BCUT2D eigenvalue weighted by Gasteiger charge is 2.26. The first-order valence-electron chi connectivity index (χ1n) is 7.50. The minimum Gasteiger partial charge on any atom is -0.369 e. The Morgan fingerprint density at radius 3 is 2.95 bits per heavy atom. The van der Waals surface area contributed by atoms with Crippen LogP contribution >= 0.6 is 0 Å².